The number of rotatable bonds is 11. The summed E-state index contributed by atoms with van der Waals surface area (Å²) in [7, 11) is 3.35. The first-order chi connectivity index (χ1) is 19.7. The predicted octanol–water partition coefficient (Wildman–Crippen LogP) is 6.50. The van der Waals surface area contributed by atoms with Gasteiger partial charge in [-0.15, -0.1) is 11.3 Å². The SMILES string of the molecule is CCC(C)N(C(=O)c1cccc(C(=O)N(C)Cc2nc(C)cs2)c1)c1ccc(NCc2cccc(OC)c2)c(O)c1. The Kier molecular flexibility index (Phi) is 9.62. The van der Waals surface area contributed by atoms with Crippen LogP contribution in [0.4, 0.5) is 11.4 Å². The van der Waals surface area contributed by atoms with Crippen LogP contribution >= 0.6 is 11.3 Å². The van der Waals surface area contributed by atoms with Crippen molar-refractivity contribution in [2.45, 2.75) is 46.3 Å². The summed E-state index contributed by atoms with van der Waals surface area (Å²) < 4.78 is 5.28. The molecule has 0 saturated carbocycles. The van der Waals surface area contributed by atoms with Crippen LogP contribution in [0.1, 0.15) is 57.2 Å². The molecular weight excluding hydrogens is 536 g/mol. The fourth-order valence-corrected chi connectivity index (χ4v) is 5.27. The van der Waals surface area contributed by atoms with Gasteiger partial charge in [0.05, 0.1) is 19.3 Å². The lowest BCUT2D eigenvalue weighted by Crippen LogP contribution is -2.38. The van der Waals surface area contributed by atoms with Crippen LogP contribution in [-0.4, -0.2) is 47.0 Å². The molecule has 0 aliphatic rings. The number of amides is 2. The molecule has 0 aliphatic heterocycles. The van der Waals surface area contributed by atoms with Crippen molar-refractivity contribution in [3.63, 3.8) is 0 Å². The van der Waals surface area contributed by atoms with Crippen LogP contribution in [-0.2, 0) is 13.1 Å². The van der Waals surface area contributed by atoms with E-state index in [-0.39, 0.29) is 23.6 Å². The molecule has 3 aromatic carbocycles. The lowest BCUT2D eigenvalue weighted by atomic mass is 10.1. The number of hydrogen-bond donors (Lipinski definition) is 2. The molecule has 4 rings (SSSR count). The minimum Gasteiger partial charge on any atom is -0.506 e. The van der Waals surface area contributed by atoms with E-state index in [1.807, 2.05) is 56.5 Å². The van der Waals surface area contributed by atoms with Crippen molar-refractivity contribution in [1.29, 1.82) is 0 Å². The number of aromatic nitrogens is 1. The molecule has 1 unspecified atom stereocenters. The van der Waals surface area contributed by atoms with E-state index in [0.29, 0.717) is 42.0 Å². The van der Waals surface area contributed by atoms with Gasteiger partial charge < -0.3 is 25.0 Å². The summed E-state index contributed by atoms with van der Waals surface area (Å²) in [5, 5.41) is 16.9. The Morgan fingerprint density at radius 1 is 1.05 bits per heavy atom. The lowest BCUT2D eigenvalue weighted by Gasteiger charge is -2.29. The predicted molar refractivity (Wildman–Crippen MR) is 164 cm³/mol. The monoisotopic (exact) mass is 572 g/mol. The Balaban J connectivity index is 1.52. The zero-order valence-corrected chi connectivity index (χ0v) is 24.9. The van der Waals surface area contributed by atoms with Crippen LogP contribution in [0.2, 0.25) is 0 Å². The fourth-order valence-electron chi connectivity index (χ4n) is 4.45. The van der Waals surface area contributed by atoms with Crippen LogP contribution < -0.4 is 15.0 Å². The first kappa shape index (κ1) is 29.6. The molecule has 1 aromatic heterocycles. The van der Waals surface area contributed by atoms with E-state index in [0.717, 1.165) is 22.0 Å². The molecule has 4 aromatic rings. The van der Waals surface area contributed by atoms with E-state index < -0.39 is 0 Å². The second kappa shape index (κ2) is 13.3. The third-order valence-electron chi connectivity index (χ3n) is 6.87. The summed E-state index contributed by atoms with van der Waals surface area (Å²) >= 11 is 1.52. The topological polar surface area (TPSA) is 95.0 Å². The van der Waals surface area contributed by atoms with Crippen molar-refractivity contribution in [3.8, 4) is 11.5 Å². The number of ether oxygens (including phenoxy) is 1. The van der Waals surface area contributed by atoms with E-state index in [1.165, 1.54) is 11.3 Å². The molecule has 2 amide bonds. The number of carbonyl (C=O) groups excluding carboxylic acids is 2. The van der Waals surface area contributed by atoms with Gasteiger partial charge in [-0.25, -0.2) is 4.98 Å². The quantitative estimate of drug-likeness (QED) is 0.199. The number of hydrogen-bond acceptors (Lipinski definition) is 7. The minimum absolute atomic E-state index is 0.0366. The molecule has 0 bridgehead atoms. The molecule has 0 radical (unpaired) electrons. The van der Waals surface area contributed by atoms with E-state index in [9.17, 15) is 14.7 Å². The Bertz CT molecular complexity index is 1520. The highest BCUT2D eigenvalue weighted by molar-refractivity contribution is 7.09. The molecule has 0 fully saturated rings. The third kappa shape index (κ3) is 7.24. The van der Waals surface area contributed by atoms with Crippen molar-refractivity contribution >= 4 is 34.5 Å². The number of carbonyl (C=O) groups is 2. The van der Waals surface area contributed by atoms with Gasteiger partial charge in [-0.05, 0) is 68.3 Å². The number of thiazole rings is 1. The van der Waals surface area contributed by atoms with E-state index in [2.05, 4.69) is 10.3 Å². The number of benzene rings is 3. The fraction of sp³-hybridized carbons (Fsp3) is 0.281. The van der Waals surface area contributed by atoms with Gasteiger partial charge in [0.25, 0.3) is 11.8 Å². The Morgan fingerprint density at radius 3 is 2.44 bits per heavy atom. The zero-order valence-electron chi connectivity index (χ0n) is 24.0. The van der Waals surface area contributed by atoms with Crippen molar-refractivity contribution in [1.82, 2.24) is 9.88 Å². The van der Waals surface area contributed by atoms with Gasteiger partial charge in [0.15, 0.2) is 0 Å². The zero-order chi connectivity index (χ0) is 29.5. The van der Waals surface area contributed by atoms with Gasteiger partial charge in [0, 0.05) is 53.6 Å². The molecule has 0 saturated heterocycles. The molecule has 1 heterocycles. The average molecular weight is 573 g/mol. The summed E-state index contributed by atoms with van der Waals surface area (Å²) in [5.74, 6) is 0.364. The second-order valence-corrected chi connectivity index (χ2v) is 10.9. The van der Waals surface area contributed by atoms with Gasteiger partial charge in [0.1, 0.15) is 16.5 Å². The van der Waals surface area contributed by atoms with Crippen molar-refractivity contribution < 1.29 is 19.4 Å². The maximum absolute atomic E-state index is 13.8. The average Bonchev–Trinajstić information content (AvgIpc) is 3.40. The molecule has 214 valence electrons. The van der Waals surface area contributed by atoms with Crippen molar-refractivity contribution in [2.24, 2.45) is 0 Å². The first-order valence-corrected chi connectivity index (χ1v) is 14.4. The molecule has 0 spiro atoms. The molecule has 1 atom stereocenters. The first-order valence-electron chi connectivity index (χ1n) is 13.5. The van der Waals surface area contributed by atoms with Gasteiger partial charge >= 0.3 is 0 Å². The molecule has 2 N–H and O–H groups in total. The lowest BCUT2D eigenvalue weighted by molar-refractivity contribution is 0.0785. The van der Waals surface area contributed by atoms with Crippen LogP contribution in [0.3, 0.4) is 0 Å². The number of phenols is 1. The van der Waals surface area contributed by atoms with Crippen molar-refractivity contribution in [2.75, 3.05) is 24.4 Å². The van der Waals surface area contributed by atoms with E-state index in [1.54, 1.807) is 60.4 Å². The molecule has 0 aliphatic carbocycles. The van der Waals surface area contributed by atoms with Crippen LogP contribution in [0.15, 0.2) is 72.1 Å². The Morgan fingerprint density at radius 2 is 1.78 bits per heavy atom. The smallest absolute Gasteiger partial charge is 0.258 e. The van der Waals surface area contributed by atoms with Crippen LogP contribution in [0.25, 0.3) is 0 Å². The highest BCUT2D eigenvalue weighted by Crippen LogP contribution is 2.32. The number of aryl methyl sites for hydroxylation is 1. The summed E-state index contributed by atoms with van der Waals surface area (Å²) in [5.41, 5.74) is 3.88. The number of aromatic hydroxyl groups is 1. The Hall–Kier alpha value is -4.37. The third-order valence-corrected chi connectivity index (χ3v) is 7.82. The van der Waals surface area contributed by atoms with Gasteiger partial charge in [-0.3, -0.25) is 9.59 Å². The summed E-state index contributed by atoms with van der Waals surface area (Å²) in [6, 6.07) is 19.5. The largest absolute Gasteiger partial charge is 0.506 e. The van der Waals surface area contributed by atoms with Gasteiger partial charge in [-0.2, -0.15) is 0 Å². The minimum atomic E-state index is -0.247. The van der Waals surface area contributed by atoms with Crippen molar-refractivity contribution in [3.05, 3.63) is 99.5 Å². The summed E-state index contributed by atoms with van der Waals surface area (Å²) in [4.78, 5) is 34.7. The molecule has 8 nitrogen and oxygen atoms in total. The number of anilines is 2. The molecular formula is C32H36N4O4S. The van der Waals surface area contributed by atoms with E-state index >= 15 is 0 Å². The van der Waals surface area contributed by atoms with Crippen LogP contribution in [0.5, 0.6) is 11.5 Å². The highest BCUT2D eigenvalue weighted by atomic mass is 32.1. The number of nitrogens with one attached hydrogen (secondary N) is 1. The summed E-state index contributed by atoms with van der Waals surface area (Å²) in [6.45, 7) is 6.78. The van der Waals surface area contributed by atoms with Crippen LogP contribution in [0, 0.1) is 6.92 Å². The molecule has 9 heteroatoms. The number of nitrogens with zero attached hydrogens (tertiary/aromatic N) is 3. The number of phenolic OH excluding ortho intramolecular Hbond substituents is 1. The maximum Gasteiger partial charge on any atom is 0.258 e. The van der Waals surface area contributed by atoms with E-state index in [4.69, 9.17) is 4.74 Å². The standard InChI is InChI=1S/C32H36N4O4S/c1-6-22(3)36(26-13-14-28(29(37)17-26)33-18-23-9-7-12-27(15-23)40-5)32(39)25-11-8-10-24(16-25)31(38)35(4)19-30-34-21(2)20-41-30/h7-17,20,22,33,37H,6,18-19H2,1-5H3. The second-order valence-electron chi connectivity index (χ2n) is 9.96. The summed E-state index contributed by atoms with van der Waals surface area (Å²) in [6.07, 6.45) is 0.705. The van der Waals surface area contributed by atoms with Gasteiger partial charge in [0.2, 0.25) is 0 Å². The molecule has 41 heavy (non-hydrogen) atoms. The Labute approximate surface area is 245 Å². The number of methoxy groups -OCH3 is 1. The normalized spacial score (nSPS) is 11.5. The van der Waals surface area contributed by atoms with Gasteiger partial charge in [-0.1, -0.05) is 25.1 Å². The highest BCUT2D eigenvalue weighted by Gasteiger charge is 2.24. The maximum atomic E-state index is 13.8.